The highest BCUT2D eigenvalue weighted by Crippen LogP contribution is 2.36. The van der Waals surface area contributed by atoms with E-state index in [0.29, 0.717) is 17.8 Å². The fraction of sp³-hybridized carbons (Fsp3) is 0.647. The summed E-state index contributed by atoms with van der Waals surface area (Å²) in [5, 5.41) is 0. The van der Waals surface area contributed by atoms with Crippen molar-refractivity contribution in [2.75, 3.05) is 0 Å². The third-order valence-corrected chi connectivity index (χ3v) is 5.46. The number of hydrogen-bond donors (Lipinski definition) is 0. The molecular weight excluding hydrogens is 268 g/mol. The molecule has 0 saturated heterocycles. The molecule has 1 aromatic rings. The predicted molar refractivity (Wildman–Crippen MR) is 83.8 cm³/mol. The van der Waals surface area contributed by atoms with E-state index in [1.807, 2.05) is 31.2 Å². The Kier molecular flexibility index (Phi) is 5.39. The van der Waals surface area contributed by atoms with Gasteiger partial charge in [-0.05, 0) is 49.7 Å². The first kappa shape index (κ1) is 15.7. The minimum Gasteiger partial charge on any atom is -0.283 e. The molecule has 0 N–H and O–H groups in total. The Morgan fingerprint density at radius 3 is 2.45 bits per heavy atom. The molecule has 0 aromatic heterocycles. The number of benzene rings is 1. The lowest BCUT2D eigenvalue weighted by atomic mass is 9.75. The summed E-state index contributed by atoms with van der Waals surface area (Å²) in [5.41, 5.74) is 1.18. The summed E-state index contributed by atoms with van der Waals surface area (Å²) in [6, 6.07) is 7.78. The largest absolute Gasteiger partial charge is 0.283 e. The van der Waals surface area contributed by atoms with Crippen molar-refractivity contribution in [1.82, 2.24) is 0 Å². The van der Waals surface area contributed by atoms with Crippen LogP contribution < -0.4 is 0 Å². The fourth-order valence-corrected chi connectivity index (χ4v) is 3.96. The summed E-state index contributed by atoms with van der Waals surface area (Å²) in [5.74, 6) is 1.79. The molecule has 0 radical (unpaired) electrons. The van der Waals surface area contributed by atoms with Crippen LogP contribution in [0.2, 0.25) is 0 Å². The Morgan fingerprint density at radius 1 is 1.20 bits per heavy atom. The van der Waals surface area contributed by atoms with Gasteiger partial charge in [-0.1, -0.05) is 44.9 Å². The third-order valence-electron chi connectivity index (χ3n) is 4.39. The zero-order valence-electron chi connectivity index (χ0n) is 13.0. The van der Waals surface area contributed by atoms with E-state index in [-0.39, 0.29) is 6.10 Å². The van der Waals surface area contributed by atoms with Crippen molar-refractivity contribution in [3.63, 3.8) is 0 Å². The molecular formula is C17H26O2S. The number of rotatable bonds is 4. The second-order valence-electron chi connectivity index (χ2n) is 6.51. The molecule has 2 rings (SSSR count). The second-order valence-corrected chi connectivity index (χ2v) is 7.64. The van der Waals surface area contributed by atoms with Gasteiger partial charge in [0.15, 0.2) is 11.1 Å². The zero-order valence-corrected chi connectivity index (χ0v) is 13.8. The molecule has 0 bridgehead atoms. The van der Waals surface area contributed by atoms with Crippen LogP contribution in [0.5, 0.6) is 0 Å². The minimum atomic E-state index is -1.34. The molecule has 2 nitrogen and oxygen atoms in total. The summed E-state index contributed by atoms with van der Waals surface area (Å²) in [6.07, 6.45) is 3.61. The number of hydrogen-bond acceptors (Lipinski definition) is 2. The van der Waals surface area contributed by atoms with Crippen molar-refractivity contribution in [3.05, 3.63) is 29.8 Å². The van der Waals surface area contributed by atoms with Crippen LogP contribution in [0.1, 0.15) is 45.6 Å². The lowest BCUT2D eigenvalue weighted by molar-refractivity contribution is 0.0567. The molecule has 3 heteroatoms. The van der Waals surface area contributed by atoms with Crippen LogP contribution in [0, 0.1) is 24.7 Å². The maximum Gasteiger partial charge on any atom is 0.189 e. The van der Waals surface area contributed by atoms with Gasteiger partial charge in [-0.25, -0.2) is 4.21 Å². The van der Waals surface area contributed by atoms with Crippen molar-refractivity contribution in [2.45, 2.75) is 58.0 Å². The van der Waals surface area contributed by atoms with Crippen molar-refractivity contribution in [3.8, 4) is 0 Å². The van der Waals surface area contributed by atoms with E-state index in [1.54, 1.807) is 0 Å². The van der Waals surface area contributed by atoms with Gasteiger partial charge in [-0.3, -0.25) is 4.18 Å². The summed E-state index contributed by atoms with van der Waals surface area (Å²) >= 11 is -1.34. The van der Waals surface area contributed by atoms with Gasteiger partial charge in [-0.15, -0.1) is 0 Å². The summed E-state index contributed by atoms with van der Waals surface area (Å²) < 4.78 is 18.3. The summed E-state index contributed by atoms with van der Waals surface area (Å²) in [4.78, 5) is 0.774. The molecule has 0 amide bonds. The molecule has 0 heterocycles. The third kappa shape index (κ3) is 3.92. The first-order chi connectivity index (χ1) is 9.47. The molecule has 1 saturated carbocycles. The van der Waals surface area contributed by atoms with Gasteiger partial charge in [-0.2, -0.15) is 0 Å². The van der Waals surface area contributed by atoms with Gasteiger partial charge in [0.05, 0.1) is 11.0 Å². The minimum absolute atomic E-state index is 0.126. The molecule has 112 valence electrons. The topological polar surface area (TPSA) is 26.3 Å². The Labute approximate surface area is 125 Å². The molecule has 20 heavy (non-hydrogen) atoms. The van der Waals surface area contributed by atoms with Crippen LogP contribution >= 0.6 is 0 Å². The Bertz CT molecular complexity index is 453. The Balaban J connectivity index is 2.05. The van der Waals surface area contributed by atoms with Crippen LogP contribution in [0.3, 0.4) is 0 Å². The van der Waals surface area contributed by atoms with E-state index in [1.165, 1.54) is 18.4 Å². The Hall–Kier alpha value is -0.670. The summed E-state index contributed by atoms with van der Waals surface area (Å²) in [7, 11) is 0. The van der Waals surface area contributed by atoms with Gasteiger partial charge in [0.2, 0.25) is 0 Å². The first-order valence-electron chi connectivity index (χ1n) is 7.63. The second kappa shape index (κ2) is 6.86. The van der Waals surface area contributed by atoms with E-state index < -0.39 is 11.1 Å². The van der Waals surface area contributed by atoms with E-state index in [2.05, 4.69) is 20.8 Å². The fourth-order valence-electron chi connectivity index (χ4n) is 3.04. The highest BCUT2D eigenvalue weighted by Gasteiger charge is 2.33. The van der Waals surface area contributed by atoms with E-state index in [0.717, 1.165) is 11.3 Å². The van der Waals surface area contributed by atoms with Crippen molar-refractivity contribution in [1.29, 1.82) is 0 Å². The zero-order chi connectivity index (χ0) is 14.7. The Morgan fingerprint density at radius 2 is 1.85 bits per heavy atom. The SMILES string of the molecule is Cc1ccc([S@@](=O)OC2C[C@@H](C)CCC2C(C)C)cc1. The van der Waals surface area contributed by atoms with Gasteiger partial charge in [0.25, 0.3) is 0 Å². The van der Waals surface area contributed by atoms with Crippen LogP contribution in [0.4, 0.5) is 0 Å². The monoisotopic (exact) mass is 294 g/mol. The van der Waals surface area contributed by atoms with Crippen molar-refractivity contribution >= 4 is 11.1 Å². The molecule has 1 aliphatic carbocycles. The molecule has 0 spiro atoms. The maximum atomic E-state index is 12.4. The van der Waals surface area contributed by atoms with E-state index in [9.17, 15) is 4.21 Å². The number of aryl methyl sites for hydroxylation is 1. The van der Waals surface area contributed by atoms with Crippen molar-refractivity contribution in [2.24, 2.45) is 17.8 Å². The van der Waals surface area contributed by atoms with E-state index >= 15 is 0 Å². The molecule has 0 aliphatic heterocycles. The van der Waals surface area contributed by atoms with Gasteiger partial charge >= 0.3 is 0 Å². The molecule has 1 aromatic carbocycles. The van der Waals surface area contributed by atoms with Gasteiger partial charge in [0, 0.05) is 0 Å². The average Bonchev–Trinajstić information content (AvgIpc) is 2.39. The van der Waals surface area contributed by atoms with Crippen molar-refractivity contribution < 1.29 is 8.39 Å². The highest BCUT2D eigenvalue weighted by atomic mass is 32.2. The molecule has 1 aliphatic rings. The lowest BCUT2D eigenvalue weighted by Gasteiger charge is -2.36. The molecule has 4 atom stereocenters. The van der Waals surface area contributed by atoms with Gasteiger partial charge < -0.3 is 0 Å². The van der Waals surface area contributed by atoms with Crippen LogP contribution in [-0.4, -0.2) is 10.3 Å². The first-order valence-corrected chi connectivity index (χ1v) is 8.70. The lowest BCUT2D eigenvalue weighted by Crippen LogP contribution is -2.34. The highest BCUT2D eigenvalue weighted by molar-refractivity contribution is 7.80. The van der Waals surface area contributed by atoms with Gasteiger partial charge in [0.1, 0.15) is 0 Å². The van der Waals surface area contributed by atoms with Crippen LogP contribution in [0.25, 0.3) is 0 Å². The average molecular weight is 294 g/mol. The van der Waals surface area contributed by atoms with Crippen LogP contribution in [0.15, 0.2) is 29.2 Å². The normalized spacial score (nSPS) is 28.6. The van der Waals surface area contributed by atoms with Crippen LogP contribution in [-0.2, 0) is 15.3 Å². The summed E-state index contributed by atoms with van der Waals surface area (Å²) in [6.45, 7) is 8.78. The quantitative estimate of drug-likeness (QED) is 0.817. The predicted octanol–water partition coefficient (Wildman–Crippen LogP) is 4.50. The standard InChI is InChI=1S/C17H26O2S/c1-12(2)16-10-7-14(4)11-17(16)19-20(18)15-8-5-13(3)6-9-15/h5-6,8-9,12,14,16-17H,7,10-11H2,1-4H3/t14-,16?,17?,20-/m0/s1. The molecule has 2 unspecified atom stereocenters. The smallest absolute Gasteiger partial charge is 0.189 e. The molecule has 1 fully saturated rings. The van der Waals surface area contributed by atoms with E-state index in [4.69, 9.17) is 4.18 Å². The maximum absolute atomic E-state index is 12.4.